The average molecular weight is 496 g/mol. The number of hydrogen-bond acceptors (Lipinski definition) is 7. The predicted molar refractivity (Wildman–Crippen MR) is 136 cm³/mol. The van der Waals surface area contributed by atoms with Crippen molar-refractivity contribution in [2.24, 2.45) is 7.05 Å². The summed E-state index contributed by atoms with van der Waals surface area (Å²) in [7, 11) is 1.70. The summed E-state index contributed by atoms with van der Waals surface area (Å²) in [5, 5.41) is 4.70. The topological polar surface area (TPSA) is 72.3 Å². The van der Waals surface area contributed by atoms with E-state index in [9.17, 15) is 14.4 Å². The van der Waals surface area contributed by atoms with Crippen molar-refractivity contribution in [3.63, 3.8) is 0 Å². The lowest BCUT2D eigenvalue weighted by atomic mass is 10.0. The van der Waals surface area contributed by atoms with Crippen LogP contribution < -0.4 is 10.5 Å². The fourth-order valence-electron chi connectivity index (χ4n) is 4.10. The van der Waals surface area contributed by atoms with E-state index < -0.39 is 5.25 Å². The summed E-state index contributed by atoms with van der Waals surface area (Å²) < 4.78 is 1.54. The van der Waals surface area contributed by atoms with Gasteiger partial charge in [-0.25, -0.2) is 4.98 Å². The maximum atomic E-state index is 13.2. The number of thiophene rings is 2. The molecule has 0 fully saturated rings. The predicted octanol–water partition coefficient (Wildman–Crippen LogP) is 5.00. The van der Waals surface area contributed by atoms with Gasteiger partial charge in [0.05, 0.1) is 10.6 Å². The van der Waals surface area contributed by atoms with Crippen LogP contribution in [-0.4, -0.2) is 33.0 Å². The van der Waals surface area contributed by atoms with Crippen molar-refractivity contribution < 1.29 is 9.59 Å². The minimum absolute atomic E-state index is 0.00921. The van der Waals surface area contributed by atoms with Gasteiger partial charge in [-0.15, -0.1) is 22.7 Å². The molecule has 0 N–H and O–H groups in total. The van der Waals surface area contributed by atoms with Crippen LogP contribution in [0.4, 0.5) is 5.69 Å². The summed E-state index contributed by atoms with van der Waals surface area (Å²) in [5.41, 5.74) is 3.32. The van der Waals surface area contributed by atoms with Crippen molar-refractivity contribution in [2.45, 2.75) is 30.7 Å². The fraction of sp³-hybridized carbons (Fsp3) is 0.250. The first-order valence-electron chi connectivity index (χ1n) is 10.5. The lowest BCUT2D eigenvalue weighted by Crippen LogP contribution is -2.25. The number of carbonyl (C=O) groups is 2. The molecule has 9 heteroatoms. The number of anilines is 1. The third-order valence-electron chi connectivity index (χ3n) is 5.85. The van der Waals surface area contributed by atoms with Gasteiger partial charge in [0.15, 0.2) is 10.9 Å². The Morgan fingerprint density at radius 1 is 1.21 bits per heavy atom. The van der Waals surface area contributed by atoms with Crippen LogP contribution in [0.2, 0.25) is 0 Å². The van der Waals surface area contributed by atoms with Gasteiger partial charge in [-0.2, -0.15) is 0 Å². The van der Waals surface area contributed by atoms with E-state index in [1.54, 1.807) is 36.3 Å². The molecule has 1 amide bonds. The van der Waals surface area contributed by atoms with E-state index in [2.05, 4.69) is 0 Å². The van der Waals surface area contributed by atoms with Gasteiger partial charge in [0.25, 0.3) is 5.56 Å². The maximum absolute atomic E-state index is 13.2. The Bertz CT molecular complexity index is 1450. The molecule has 4 heterocycles. The normalized spacial score (nSPS) is 14.0. The third-order valence-corrected chi connectivity index (χ3v) is 8.77. The molecule has 1 unspecified atom stereocenters. The number of aromatic nitrogens is 2. The van der Waals surface area contributed by atoms with Crippen molar-refractivity contribution in [1.29, 1.82) is 0 Å². The zero-order valence-electron chi connectivity index (χ0n) is 18.3. The number of Topliss-reactive ketones (excluding diaryl/α,β-unsaturated/α-hetero) is 1. The van der Waals surface area contributed by atoms with Crippen molar-refractivity contribution in [1.82, 2.24) is 9.55 Å². The summed E-state index contributed by atoms with van der Waals surface area (Å²) in [6, 6.07) is 9.49. The SMILES string of the molecule is CC(=O)N1CCc2cc(C(=O)C(C)Sc3nc4scc(-c5cccs5)c4c(=O)n3C)ccc21. The molecule has 0 radical (unpaired) electrons. The fourth-order valence-corrected chi connectivity index (χ4v) is 6.85. The van der Waals surface area contributed by atoms with Gasteiger partial charge < -0.3 is 4.90 Å². The highest BCUT2D eigenvalue weighted by molar-refractivity contribution is 8.00. The van der Waals surface area contributed by atoms with Crippen molar-refractivity contribution in [3.8, 4) is 10.4 Å². The van der Waals surface area contributed by atoms with E-state index in [1.807, 2.05) is 41.9 Å². The second kappa shape index (κ2) is 8.55. The Morgan fingerprint density at radius 3 is 2.76 bits per heavy atom. The van der Waals surface area contributed by atoms with Gasteiger partial charge in [-0.1, -0.05) is 17.8 Å². The molecule has 5 rings (SSSR count). The van der Waals surface area contributed by atoms with Crippen LogP contribution in [-0.2, 0) is 18.3 Å². The molecule has 0 saturated heterocycles. The number of benzene rings is 1. The molecule has 1 atom stereocenters. The zero-order chi connectivity index (χ0) is 23.3. The molecule has 0 aliphatic carbocycles. The van der Waals surface area contributed by atoms with E-state index in [4.69, 9.17) is 4.98 Å². The summed E-state index contributed by atoms with van der Waals surface area (Å²) in [6.07, 6.45) is 0.745. The second-order valence-electron chi connectivity index (χ2n) is 7.95. The van der Waals surface area contributed by atoms with Crippen LogP contribution in [0, 0.1) is 0 Å². The highest BCUT2D eigenvalue weighted by Gasteiger charge is 2.26. The average Bonchev–Trinajstić information content (AvgIpc) is 3.55. The van der Waals surface area contributed by atoms with E-state index in [1.165, 1.54) is 27.7 Å². The standard InChI is InChI=1S/C24H21N3O3S3/c1-13(21(29)16-6-7-18-15(11-16)8-9-27(18)14(2)28)33-24-25-22-20(23(30)26(24)3)17(12-32-22)19-5-4-10-31-19/h4-7,10-13H,8-9H2,1-3H3. The van der Waals surface area contributed by atoms with Crippen molar-refractivity contribution in [2.75, 3.05) is 11.4 Å². The van der Waals surface area contributed by atoms with Gasteiger partial charge in [0.2, 0.25) is 5.91 Å². The maximum Gasteiger partial charge on any atom is 0.263 e. The van der Waals surface area contributed by atoms with Crippen LogP contribution in [0.25, 0.3) is 20.7 Å². The van der Waals surface area contributed by atoms with Gasteiger partial charge >= 0.3 is 0 Å². The lowest BCUT2D eigenvalue weighted by molar-refractivity contribution is -0.116. The lowest BCUT2D eigenvalue weighted by Gasteiger charge is -2.16. The highest BCUT2D eigenvalue weighted by Crippen LogP contribution is 2.35. The number of fused-ring (bicyclic) bond motifs is 2. The second-order valence-corrected chi connectivity index (χ2v) is 11.1. The largest absolute Gasteiger partial charge is 0.312 e. The Hall–Kier alpha value is -2.75. The number of carbonyl (C=O) groups excluding carboxylic acids is 2. The monoisotopic (exact) mass is 495 g/mol. The van der Waals surface area contributed by atoms with Crippen molar-refractivity contribution >= 4 is 62.0 Å². The molecule has 0 spiro atoms. The zero-order valence-corrected chi connectivity index (χ0v) is 20.8. The smallest absolute Gasteiger partial charge is 0.263 e. The summed E-state index contributed by atoms with van der Waals surface area (Å²) in [5.74, 6) is -0.0150. The van der Waals surface area contributed by atoms with Gasteiger partial charge in [-0.3, -0.25) is 19.0 Å². The number of nitrogens with zero attached hydrogens (tertiary/aromatic N) is 3. The Morgan fingerprint density at radius 2 is 2.03 bits per heavy atom. The minimum atomic E-state index is -0.416. The third kappa shape index (κ3) is 3.84. The molecule has 6 nitrogen and oxygen atoms in total. The molecule has 168 valence electrons. The number of thioether (sulfide) groups is 1. The molecule has 0 bridgehead atoms. The summed E-state index contributed by atoms with van der Waals surface area (Å²) in [4.78, 5) is 46.3. The van der Waals surface area contributed by atoms with Crippen LogP contribution in [0.3, 0.4) is 0 Å². The van der Waals surface area contributed by atoms with E-state index in [-0.39, 0.29) is 17.2 Å². The summed E-state index contributed by atoms with van der Waals surface area (Å²) >= 11 is 4.34. The van der Waals surface area contributed by atoms with Gasteiger partial charge in [0, 0.05) is 47.6 Å². The van der Waals surface area contributed by atoms with Gasteiger partial charge in [-0.05, 0) is 48.6 Å². The van der Waals surface area contributed by atoms with E-state index in [0.29, 0.717) is 27.5 Å². The number of amides is 1. The highest BCUT2D eigenvalue weighted by atomic mass is 32.2. The number of hydrogen-bond donors (Lipinski definition) is 0. The van der Waals surface area contributed by atoms with E-state index in [0.717, 1.165) is 28.1 Å². The molecular weight excluding hydrogens is 474 g/mol. The first-order valence-corrected chi connectivity index (χ1v) is 13.1. The molecule has 1 aliphatic heterocycles. The number of rotatable bonds is 5. The first kappa shape index (κ1) is 22.1. The molecule has 4 aromatic rings. The van der Waals surface area contributed by atoms with E-state index >= 15 is 0 Å². The molecule has 33 heavy (non-hydrogen) atoms. The van der Waals surface area contributed by atoms with Crippen LogP contribution in [0.1, 0.15) is 29.8 Å². The Balaban J connectivity index is 1.42. The first-order chi connectivity index (χ1) is 15.8. The summed E-state index contributed by atoms with van der Waals surface area (Å²) in [6.45, 7) is 4.04. The molecule has 0 saturated carbocycles. The Kier molecular flexibility index (Phi) is 5.72. The van der Waals surface area contributed by atoms with Gasteiger partial charge in [0.1, 0.15) is 4.83 Å². The minimum Gasteiger partial charge on any atom is -0.312 e. The Labute approximate surface area is 202 Å². The van der Waals surface area contributed by atoms with Crippen LogP contribution in [0.5, 0.6) is 0 Å². The molecular formula is C24H21N3O3S3. The number of ketones is 1. The van der Waals surface area contributed by atoms with Crippen LogP contribution >= 0.6 is 34.4 Å². The molecule has 3 aromatic heterocycles. The molecule has 1 aliphatic rings. The quantitative estimate of drug-likeness (QED) is 0.221. The molecule has 1 aromatic carbocycles. The van der Waals surface area contributed by atoms with Crippen LogP contribution in [0.15, 0.2) is 51.0 Å². The van der Waals surface area contributed by atoms with Crippen molar-refractivity contribution in [3.05, 3.63) is 62.6 Å².